The number of nitrogens with one attached hydrogen (secondary N) is 1. The number of H-pyrrole nitrogens is 1. The Kier molecular flexibility index (Phi) is 7.54. The Balaban J connectivity index is 1.83. The molecular weight excluding hydrogens is 452 g/mol. The molecule has 0 saturated heterocycles. The lowest BCUT2D eigenvalue weighted by Crippen LogP contribution is -2.19. The maximum atomic E-state index is 14.1. The SMILES string of the molecule is COc1ccc(Cc2nc(C(=O)C[C@@H](c3ccc(C(F)(F)F)c(F)c3)C(C)C)cc(=O)[nH]2)cc1. The average Bonchev–Trinajstić information content (AvgIpc) is 2.76. The Hall–Kier alpha value is -3.49. The first-order valence-corrected chi connectivity index (χ1v) is 10.6. The lowest BCUT2D eigenvalue weighted by atomic mass is 9.83. The number of hydrogen-bond acceptors (Lipinski definition) is 4. The number of Topliss-reactive ketones (excluding diaryl/α,β-unsaturated/α-hetero) is 1. The summed E-state index contributed by atoms with van der Waals surface area (Å²) in [5.74, 6) is -1.62. The van der Waals surface area contributed by atoms with Crippen LogP contribution in [0.3, 0.4) is 0 Å². The van der Waals surface area contributed by atoms with Gasteiger partial charge >= 0.3 is 6.18 Å². The van der Waals surface area contributed by atoms with E-state index in [9.17, 15) is 27.2 Å². The Bertz CT molecular complexity index is 1220. The van der Waals surface area contributed by atoms with Crippen molar-refractivity contribution in [1.82, 2.24) is 9.97 Å². The molecule has 0 saturated carbocycles. The first-order chi connectivity index (χ1) is 16.0. The van der Waals surface area contributed by atoms with E-state index in [-0.39, 0.29) is 30.0 Å². The highest BCUT2D eigenvalue weighted by atomic mass is 19.4. The molecule has 1 atom stereocenters. The molecule has 180 valence electrons. The molecule has 1 heterocycles. The van der Waals surface area contributed by atoms with Crippen molar-refractivity contribution in [2.75, 3.05) is 7.11 Å². The maximum Gasteiger partial charge on any atom is 0.419 e. The van der Waals surface area contributed by atoms with Crippen molar-refractivity contribution >= 4 is 5.78 Å². The van der Waals surface area contributed by atoms with E-state index >= 15 is 0 Å². The number of ether oxygens (including phenoxy) is 1. The summed E-state index contributed by atoms with van der Waals surface area (Å²) in [5, 5.41) is 0. The van der Waals surface area contributed by atoms with Crippen LogP contribution in [0.1, 0.15) is 59.2 Å². The monoisotopic (exact) mass is 476 g/mol. The number of ketones is 1. The van der Waals surface area contributed by atoms with Gasteiger partial charge in [0.05, 0.1) is 12.7 Å². The number of nitrogens with zero attached hydrogens (tertiary/aromatic N) is 1. The molecule has 3 aromatic rings. The second-order valence-corrected chi connectivity index (χ2v) is 8.32. The Morgan fingerprint density at radius 3 is 2.32 bits per heavy atom. The molecule has 34 heavy (non-hydrogen) atoms. The van der Waals surface area contributed by atoms with Gasteiger partial charge < -0.3 is 9.72 Å². The van der Waals surface area contributed by atoms with Gasteiger partial charge in [-0.25, -0.2) is 9.37 Å². The minimum Gasteiger partial charge on any atom is -0.497 e. The van der Waals surface area contributed by atoms with Gasteiger partial charge in [0, 0.05) is 18.9 Å². The molecule has 2 aromatic carbocycles. The number of methoxy groups -OCH3 is 1. The molecular formula is C25H24F4N2O3. The fraction of sp³-hybridized carbons (Fsp3) is 0.320. The van der Waals surface area contributed by atoms with Crippen molar-refractivity contribution in [3.63, 3.8) is 0 Å². The third kappa shape index (κ3) is 6.09. The number of carbonyl (C=O) groups is 1. The van der Waals surface area contributed by atoms with Crippen LogP contribution in [0.4, 0.5) is 17.6 Å². The molecule has 0 fully saturated rings. The van der Waals surface area contributed by atoms with Crippen molar-refractivity contribution in [3.05, 3.63) is 92.9 Å². The maximum absolute atomic E-state index is 14.1. The number of hydrogen-bond donors (Lipinski definition) is 1. The predicted molar refractivity (Wildman–Crippen MR) is 119 cm³/mol. The van der Waals surface area contributed by atoms with Crippen LogP contribution in [-0.2, 0) is 12.6 Å². The molecule has 5 nitrogen and oxygen atoms in total. The highest BCUT2D eigenvalue weighted by molar-refractivity contribution is 5.94. The normalized spacial score (nSPS) is 12.6. The van der Waals surface area contributed by atoms with E-state index < -0.39 is 34.8 Å². The van der Waals surface area contributed by atoms with E-state index in [1.807, 2.05) is 0 Å². The lowest BCUT2D eigenvalue weighted by molar-refractivity contribution is -0.140. The van der Waals surface area contributed by atoms with Gasteiger partial charge in [0.25, 0.3) is 5.56 Å². The minimum absolute atomic E-state index is 0.0507. The summed E-state index contributed by atoms with van der Waals surface area (Å²) >= 11 is 0. The highest BCUT2D eigenvalue weighted by Gasteiger charge is 2.34. The van der Waals surface area contributed by atoms with Crippen LogP contribution in [0.25, 0.3) is 0 Å². The smallest absolute Gasteiger partial charge is 0.419 e. The van der Waals surface area contributed by atoms with Gasteiger partial charge in [-0.1, -0.05) is 32.0 Å². The van der Waals surface area contributed by atoms with Crippen molar-refractivity contribution in [2.45, 2.75) is 38.8 Å². The van der Waals surface area contributed by atoms with Crippen LogP contribution in [0.2, 0.25) is 0 Å². The molecule has 0 unspecified atom stereocenters. The highest BCUT2D eigenvalue weighted by Crippen LogP contribution is 2.35. The Morgan fingerprint density at radius 1 is 1.09 bits per heavy atom. The molecule has 0 bridgehead atoms. The molecule has 0 radical (unpaired) electrons. The number of halogens is 4. The number of aromatic nitrogens is 2. The Morgan fingerprint density at radius 2 is 1.76 bits per heavy atom. The number of benzene rings is 2. The summed E-state index contributed by atoms with van der Waals surface area (Å²) in [4.78, 5) is 32.0. The summed E-state index contributed by atoms with van der Waals surface area (Å²) in [6.45, 7) is 3.57. The second-order valence-electron chi connectivity index (χ2n) is 8.32. The first kappa shape index (κ1) is 25.1. The van der Waals surface area contributed by atoms with Crippen molar-refractivity contribution in [1.29, 1.82) is 0 Å². The fourth-order valence-corrected chi connectivity index (χ4v) is 3.71. The number of aromatic amines is 1. The molecule has 1 N–H and O–H groups in total. The van der Waals surface area contributed by atoms with E-state index in [4.69, 9.17) is 4.74 Å². The van der Waals surface area contributed by atoms with Crippen LogP contribution >= 0.6 is 0 Å². The summed E-state index contributed by atoms with van der Waals surface area (Å²) in [6, 6.07) is 10.9. The van der Waals surface area contributed by atoms with Gasteiger partial charge in [-0.15, -0.1) is 0 Å². The minimum atomic E-state index is -4.80. The molecule has 9 heteroatoms. The zero-order chi connectivity index (χ0) is 25.0. The van der Waals surface area contributed by atoms with Gasteiger partial charge in [0.15, 0.2) is 5.78 Å². The largest absolute Gasteiger partial charge is 0.497 e. The molecule has 0 aliphatic carbocycles. The van der Waals surface area contributed by atoms with Crippen LogP contribution in [0.5, 0.6) is 5.75 Å². The molecule has 0 amide bonds. The molecule has 0 aliphatic heterocycles. The summed E-state index contributed by atoms with van der Waals surface area (Å²) in [7, 11) is 1.55. The van der Waals surface area contributed by atoms with E-state index in [0.717, 1.165) is 17.7 Å². The lowest BCUT2D eigenvalue weighted by Gasteiger charge is -2.21. The summed E-state index contributed by atoms with van der Waals surface area (Å²) in [5.41, 5.74) is -0.788. The van der Waals surface area contributed by atoms with E-state index in [1.54, 1.807) is 45.2 Å². The van der Waals surface area contributed by atoms with Crippen molar-refractivity contribution < 1.29 is 27.1 Å². The van der Waals surface area contributed by atoms with Gasteiger partial charge in [0.1, 0.15) is 23.1 Å². The van der Waals surface area contributed by atoms with E-state index in [2.05, 4.69) is 9.97 Å². The van der Waals surface area contributed by atoms with Crippen LogP contribution in [-0.4, -0.2) is 22.9 Å². The van der Waals surface area contributed by atoms with Gasteiger partial charge in [-0.3, -0.25) is 9.59 Å². The van der Waals surface area contributed by atoms with Crippen LogP contribution in [0, 0.1) is 11.7 Å². The number of rotatable bonds is 8. The molecule has 3 rings (SSSR count). The topological polar surface area (TPSA) is 72.0 Å². The second kappa shape index (κ2) is 10.2. The van der Waals surface area contributed by atoms with Crippen molar-refractivity contribution in [3.8, 4) is 5.75 Å². The van der Waals surface area contributed by atoms with Crippen LogP contribution < -0.4 is 10.3 Å². The van der Waals surface area contributed by atoms with E-state index in [1.165, 1.54) is 6.07 Å². The van der Waals surface area contributed by atoms with E-state index in [0.29, 0.717) is 17.6 Å². The zero-order valence-corrected chi connectivity index (χ0v) is 18.9. The predicted octanol–water partition coefficient (Wildman–Crippen LogP) is 5.54. The number of alkyl halides is 3. The first-order valence-electron chi connectivity index (χ1n) is 10.6. The van der Waals surface area contributed by atoms with Crippen molar-refractivity contribution in [2.24, 2.45) is 5.92 Å². The van der Waals surface area contributed by atoms with Gasteiger partial charge in [0.2, 0.25) is 0 Å². The van der Waals surface area contributed by atoms with Gasteiger partial charge in [-0.05, 0) is 47.2 Å². The fourth-order valence-electron chi connectivity index (χ4n) is 3.71. The third-order valence-corrected chi connectivity index (χ3v) is 5.54. The molecule has 0 aliphatic rings. The zero-order valence-electron chi connectivity index (χ0n) is 18.9. The summed E-state index contributed by atoms with van der Waals surface area (Å²) < 4.78 is 57.9. The quantitative estimate of drug-likeness (QED) is 0.342. The van der Waals surface area contributed by atoms with Crippen LogP contribution in [0.15, 0.2) is 53.3 Å². The van der Waals surface area contributed by atoms with Gasteiger partial charge in [-0.2, -0.15) is 13.2 Å². The molecule has 1 aromatic heterocycles. The standard InChI is InChI=1S/C25H24F4N2O3/c1-14(2)18(16-6-9-19(20(26)11-16)25(27,28)29)12-22(32)21-13-24(33)31-23(30-21)10-15-4-7-17(34-3)8-5-15/h4-9,11,13-14,18H,10,12H2,1-3H3,(H,30,31,33)/t18-/m1/s1. The third-order valence-electron chi connectivity index (χ3n) is 5.54. The molecule has 0 spiro atoms. The average molecular weight is 476 g/mol. The number of carbonyl (C=O) groups excluding carboxylic acids is 1. The summed E-state index contributed by atoms with van der Waals surface area (Å²) in [6.07, 6.45) is -4.67. The Labute approximate surface area is 193 Å².